The van der Waals surface area contributed by atoms with Gasteiger partial charge in [0.05, 0.1) is 22.6 Å². The van der Waals surface area contributed by atoms with Crippen LogP contribution < -0.4 is 9.64 Å². The predicted molar refractivity (Wildman–Crippen MR) is 103 cm³/mol. The Kier molecular flexibility index (Phi) is 4.92. The summed E-state index contributed by atoms with van der Waals surface area (Å²) < 4.78 is 5.46. The molecule has 0 unspecified atom stereocenters. The molecule has 0 aromatic heterocycles. The third kappa shape index (κ3) is 3.39. The Bertz CT molecular complexity index is 941. The summed E-state index contributed by atoms with van der Waals surface area (Å²) in [7, 11) is 1.55. The smallest absolute Gasteiger partial charge is 0.311 e. The van der Waals surface area contributed by atoms with Crippen LogP contribution in [0.3, 0.4) is 0 Å². The van der Waals surface area contributed by atoms with Gasteiger partial charge in [-0.2, -0.15) is 0 Å². The van der Waals surface area contributed by atoms with E-state index in [9.17, 15) is 20.0 Å². The lowest BCUT2D eigenvalue weighted by Crippen LogP contribution is -2.27. The van der Waals surface area contributed by atoms with E-state index in [-0.39, 0.29) is 5.91 Å². The Morgan fingerprint density at radius 2 is 1.96 bits per heavy atom. The molecule has 9 heteroatoms. The van der Waals surface area contributed by atoms with Crippen molar-refractivity contribution in [1.29, 1.82) is 0 Å². The highest BCUT2D eigenvalue weighted by molar-refractivity contribution is 8.27. The molecule has 1 amide bonds. The Balaban J connectivity index is 1.92. The lowest BCUT2D eigenvalue weighted by Gasteiger charge is -2.14. The van der Waals surface area contributed by atoms with Gasteiger partial charge in [-0.3, -0.25) is 19.8 Å². The number of rotatable bonds is 4. The van der Waals surface area contributed by atoms with E-state index in [1.807, 2.05) is 0 Å². The number of hydrogen-bond donors (Lipinski definition) is 1. The summed E-state index contributed by atoms with van der Waals surface area (Å²) in [5.74, 6) is -0.0926. The second kappa shape index (κ2) is 7.14. The van der Waals surface area contributed by atoms with Gasteiger partial charge in [-0.1, -0.05) is 30.0 Å². The summed E-state index contributed by atoms with van der Waals surface area (Å²) in [4.78, 5) is 24.7. The largest absolute Gasteiger partial charge is 0.502 e. The molecule has 7 nitrogen and oxygen atoms in total. The number of phenols is 1. The molecular weight excluding hydrogens is 376 g/mol. The van der Waals surface area contributed by atoms with E-state index in [0.29, 0.717) is 26.2 Å². The minimum Gasteiger partial charge on any atom is -0.502 e. The van der Waals surface area contributed by atoms with Gasteiger partial charge in [0, 0.05) is 6.07 Å². The first-order valence-corrected chi connectivity index (χ1v) is 8.52. The van der Waals surface area contributed by atoms with Crippen LogP contribution in [0.4, 0.5) is 11.4 Å². The predicted octanol–water partition coefficient (Wildman–Crippen LogP) is 3.71. The van der Waals surface area contributed by atoms with Crippen molar-refractivity contribution in [2.45, 2.75) is 0 Å². The van der Waals surface area contributed by atoms with Gasteiger partial charge in [0.25, 0.3) is 5.91 Å². The van der Waals surface area contributed by atoms with Crippen LogP contribution >= 0.6 is 24.0 Å². The third-order valence-corrected chi connectivity index (χ3v) is 4.92. The Hall–Kier alpha value is -2.91. The van der Waals surface area contributed by atoms with Crippen LogP contribution in [0.1, 0.15) is 5.56 Å². The van der Waals surface area contributed by atoms with Crippen molar-refractivity contribution in [1.82, 2.24) is 0 Å². The van der Waals surface area contributed by atoms with Crippen molar-refractivity contribution in [2.75, 3.05) is 12.0 Å². The first kappa shape index (κ1) is 17.9. The number of nitro benzene ring substituents is 1. The van der Waals surface area contributed by atoms with Gasteiger partial charge >= 0.3 is 5.69 Å². The molecule has 0 saturated carbocycles. The van der Waals surface area contributed by atoms with Gasteiger partial charge in [0.2, 0.25) is 0 Å². The van der Waals surface area contributed by atoms with Crippen molar-refractivity contribution in [2.24, 2.45) is 0 Å². The molecule has 2 aromatic carbocycles. The van der Waals surface area contributed by atoms with Crippen LogP contribution in [0.15, 0.2) is 47.4 Å². The molecule has 0 radical (unpaired) electrons. The fourth-order valence-electron chi connectivity index (χ4n) is 2.35. The molecule has 26 heavy (non-hydrogen) atoms. The molecule has 1 aliphatic heterocycles. The maximum absolute atomic E-state index is 12.7. The summed E-state index contributed by atoms with van der Waals surface area (Å²) in [6.07, 6.45) is 1.51. The molecule has 0 spiro atoms. The van der Waals surface area contributed by atoms with Crippen molar-refractivity contribution in [3.63, 3.8) is 0 Å². The first-order valence-electron chi connectivity index (χ1n) is 7.30. The molecule has 0 atom stereocenters. The zero-order chi connectivity index (χ0) is 18.8. The van der Waals surface area contributed by atoms with E-state index in [2.05, 4.69) is 0 Å². The lowest BCUT2D eigenvalue weighted by atomic mass is 10.1. The normalized spacial score (nSPS) is 15.6. The monoisotopic (exact) mass is 388 g/mol. The second-order valence-corrected chi connectivity index (χ2v) is 6.90. The van der Waals surface area contributed by atoms with E-state index in [0.717, 1.165) is 11.8 Å². The standard InChI is InChI=1S/C17H12N2O5S2/c1-24-12-5-3-11(4-6-12)18-16(21)15(26-17(18)25)9-10-2-7-14(20)13(8-10)19(22)23/h2-9,20H,1H3. The number of nitro groups is 1. The second-order valence-electron chi connectivity index (χ2n) is 5.22. The zero-order valence-electron chi connectivity index (χ0n) is 13.4. The third-order valence-electron chi connectivity index (χ3n) is 3.62. The van der Waals surface area contributed by atoms with Crippen LogP contribution in [-0.2, 0) is 4.79 Å². The molecule has 0 aliphatic carbocycles. The van der Waals surface area contributed by atoms with Crippen LogP contribution in [0, 0.1) is 10.1 Å². The summed E-state index contributed by atoms with van der Waals surface area (Å²) in [5.41, 5.74) is 0.600. The minimum absolute atomic E-state index is 0.319. The number of phenolic OH excluding ortho intramolecular Hbond substituents is 1. The Morgan fingerprint density at radius 1 is 1.27 bits per heavy atom. The van der Waals surface area contributed by atoms with E-state index in [1.54, 1.807) is 31.4 Å². The highest BCUT2D eigenvalue weighted by atomic mass is 32.2. The number of thiocarbonyl (C=S) groups is 1. The van der Waals surface area contributed by atoms with Crippen molar-refractivity contribution in [3.05, 3.63) is 63.0 Å². The average molecular weight is 388 g/mol. The number of benzene rings is 2. The van der Waals surface area contributed by atoms with Crippen LogP contribution in [0.5, 0.6) is 11.5 Å². The summed E-state index contributed by atoms with van der Waals surface area (Å²) in [6, 6.07) is 10.8. The highest BCUT2D eigenvalue weighted by Gasteiger charge is 2.33. The summed E-state index contributed by atoms with van der Waals surface area (Å²) >= 11 is 6.40. The maximum atomic E-state index is 12.7. The van der Waals surface area contributed by atoms with E-state index in [1.165, 1.54) is 29.2 Å². The van der Waals surface area contributed by atoms with Gasteiger partial charge in [0.1, 0.15) is 5.75 Å². The van der Waals surface area contributed by atoms with Crippen LogP contribution in [0.2, 0.25) is 0 Å². The lowest BCUT2D eigenvalue weighted by molar-refractivity contribution is -0.385. The van der Waals surface area contributed by atoms with Crippen molar-refractivity contribution >= 4 is 51.7 Å². The molecule has 132 valence electrons. The summed E-state index contributed by atoms with van der Waals surface area (Å²) in [6.45, 7) is 0. The topological polar surface area (TPSA) is 92.9 Å². The SMILES string of the molecule is COc1ccc(N2C(=O)C(=Cc3ccc(O)c([N+](=O)[O-])c3)SC2=S)cc1. The number of anilines is 1. The van der Waals surface area contributed by atoms with Gasteiger partial charge < -0.3 is 9.84 Å². The Labute approximate surface area is 158 Å². The Morgan fingerprint density at radius 3 is 2.58 bits per heavy atom. The minimum atomic E-state index is -0.685. The fourth-order valence-corrected chi connectivity index (χ4v) is 3.65. The van der Waals surface area contributed by atoms with Crippen LogP contribution in [-0.4, -0.2) is 27.4 Å². The van der Waals surface area contributed by atoms with E-state index in [4.69, 9.17) is 17.0 Å². The number of amides is 1. The number of carbonyl (C=O) groups is 1. The van der Waals surface area contributed by atoms with Crippen LogP contribution in [0.25, 0.3) is 6.08 Å². The maximum Gasteiger partial charge on any atom is 0.311 e. The van der Waals surface area contributed by atoms with Gasteiger partial charge in [-0.15, -0.1) is 0 Å². The molecular formula is C17H12N2O5S2. The number of methoxy groups -OCH3 is 1. The van der Waals surface area contributed by atoms with E-state index < -0.39 is 16.4 Å². The molecule has 1 fully saturated rings. The molecule has 1 N–H and O–H groups in total. The zero-order valence-corrected chi connectivity index (χ0v) is 15.0. The van der Waals surface area contributed by atoms with Crippen molar-refractivity contribution < 1.29 is 19.6 Å². The number of aromatic hydroxyl groups is 1. The quantitative estimate of drug-likeness (QED) is 0.369. The average Bonchev–Trinajstić information content (AvgIpc) is 2.90. The number of thioether (sulfide) groups is 1. The van der Waals surface area contributed by atoms with Gasteiger partial charge in [-0.25, -0.2) is 0 Å². The first-order chi connectivity index (χ1) is 12.4. The van der Waals surface area contributed by atoms with Crippen molar-refractivity contribution in [3.8, 4) is 11.5 Å². The fraction of sp³-hybridized carbons (Fsp3) is 0.0588. The molecule has 2 aromatic rings. The number of nitrogens with zero attached hydrogens (tertiary/aromatic N) is 2. The van der Waals surface area contributed by atoms with Gasteiger partial charge in [0.15, 0.2) is 10.1 Å². The number of hydrogen-bond acceptors (Lipinski definition) is 7. The molecule has 3 rings (SSSR count). The number of ether oxygens (including phenoxy) is 1. The number of carbonyl (C=O) groups excluding carboxylic acids is 1. The molecule has 1 heterocycles. The summed E-state index contributed by atoms with van der Waals surface area (Å²) in [5, 5.41) is 20.5. The van der Waals surface area contributed by atoms with Gasteiger partial charge in [-0.05, 0) is 42.0 Å². The molecule has 1 aliphatic rings. The highest BCUT2D eigenvalue weighted by Crippen LogP contribution is 2.37. The molecule has 0 bridgehead atoms. The van der Waals surface area contributed by atoms with E-state index >= 15 is 0 Å². The molecule has 1 saturated heterocycles.